The standard InChI is InChI=1S/C28H36N8O2/c1-18-23(36-15-22(33-34-36)26(37)31-16-27(2,3)4)13-20(14-30-18)32-21-11-19(28(5,6)7)12-24(25(21)38-8)35-10-9-29-17-35/h9-15,17,32H,16H2,1-8H3,(H,31,37). The van der Waals surface area contributed by atoms with Crippen LogP contribution in [-0.4, -0.2) is 49.1 Å². The molecule has 0 unspecified atom stereocenters. The van der Waals surface area contributed by atoms with E-state index in [0.29, 0.717) is 18.0 Å². The van der Waals surface area contributed by atoms with Gasteiger partial charge < -0.3 is 19.9 Å². The number of pyridine rings is 1. The second-order valence-corrected chi connectivity index (χ2v) is 11.5. The largest absolute Gasteiger partial charge is 0.492 e. The number of nitrogens with one attached hydrogen (secondary N) is 2. The zero-order valence-electron chi connectivity index (χ0n) is 23.3. The van der Waals surface area contributed by atoms with Crippen molar-refractivity contribution in [3.63, 3.8) is 0 Å². The molecular formula is C28H36N8O2. The summed E-state index contributed by atoms with van der Waals surface area (Å²) in [5.41, 5.74) is 5.11. The van der Waals surface area contributed by atoms with Crippen molar-refractivity contribution in [3.05, 3.63) is 66.3 Å². The molecule has 0 bridgehead atoms. The highest BCUT2D eigenvalue weighted by molar-refractivity contribution is 5.92. The number of hydrogen-bond acceptors (Lipinski definition) is 7. The number of carbonyl (C=O) groups excluding carboxylic acids is 1. The van der Waals surface area contributed by atoms with Crippen LogP contribution < -0.4 is 15.4 Å². The van der Waals surface area contributed by atoms with E-state index >= 15 is 0 Å². The van der Waals surface area contributed by atoms with E-state index in [-0.39, 0.29) is 22.4 Å². The van der Waals surface area contributed by atoms with Crippen LogP contribution in [0.2, 0.25) is 0 Å². The van der Waals surface area contributed by atoms with Crippen LogP contribution in [0, 0.1) is 12.3 Å². The summed E-state index contributed by atoms with van der Waals surface area (Å²) in [6.45, 7) is 15.1. The molecule has 10 heteroatoms. The Morgan fingerprint density at radius 2 is 1.84 bits per heavy atom. The molecule has 4 aromatic rings. The van der Waals surface area contributed by atoms with Gasteiger partial charge >= 0.3 is 0 Å². The van der Waals surface area contributed by atoms with Crippen LogP contribution in [-0.2, 0) is 5.41 Å². The predicted octanol–water partition coefficient (Wildman–Crippen LogP) is 4.98. The number of anilines is 2. The number of nitrogens with zero attached hydrogens (tertiary/aromatic N) is 6. The molecule has 1 amide bonds. The maximum absolute atomic E-state index is 12.6. The molecule has 0 saturated heterocycles. The maximum atomic E-state index is 12.6. The smallest absolute Gasteiger partial charge is 0.273 e. The molecule has 0 fully saturated rings. The fourth-order valence-electron chi connectivity index (χ4n) is 3.85. The highest BCUT2D eigenvalue weighted by atomic mass is 16.5. The van der Waals surface area contributed by atoms with Crippen molar-refractivity contribution in [2.45, 2.75) is 53.9 Å². The van der Waals surface area contributed by atoms with Gasteiger partial charge in [0.2, 0.25) is 0 Å². The Hall–Kier alpha value is -4.21. The van der Waals surface area contributed by atoms with E-state index in [9.17, 15) is 4.79 Å². The first-order valence-corrected chi connectivity index (χ1v) is 12.5. The van der Waals surface area contributed by atoms with E-state index < -0.39 is 0 Å². The van der Waals surface area contributed by atoms with Crippen molar-refractivity contribution in [1.82, 2.24) is 34.8 Å². The van der Waals surface area contributed by atoms with Crippen LogP contribution >= 0.6 is 0 Å². The van der Waals surface area contributed by atoms with Crippen molar-refractivity contribution in [2.75, 3.05) is 19.0 Å². The molecule has 3 heterocycles. The van der Waals surface area contributed by atoms with Gasteiger partial charge in [0, 0.05) is 18.9 Å². The summed E-state index contributed by atoms with van der Waals surface area (Å²) < 4.78 is 9.35. The highest BCUT2D eigenvalue weighted by Gasteiger charge is 2.21. The van der Waals surface area contributed by atoms with Crippen molar-refractivity contribution in [1.29, 1.82) is 0 Å². The van der Waals surface area contributed by atoms with Crippen LogP contribution in [0.5, 0.6) is 5.75 Å². The van der Waals surface area contributed by atoms with E-state index in [1.807, 2.05) is 23.8 Å². The lowest BCUT2D eigenvalue weighted by molar-refractivity contribution is 0.0934. The molecule has 0 aliphatic heterocycles. The van der Waals surface area contributed by atoms with Gasteiger partial charge in [0.15, 0.2) is 11.4 Å². The summed E-state index contributed by atoms with van der Waals surface area (Å²) in [7, 11) is 1.65. The molecular weight excluding hydrogens is 480 g/mol. The fraction of sp³-hybridized carbons (Fsp3) is 0.393. The Labute approximate surface area is 223 Å². The van der Waals surface area contributed by atoms with Gasteiger partial charge in [-0.15, -0.1) is 5.10 Å². The van der Waals surface area contributed by atoms with Crippen molar-refractivity contribution in [2.24, 2.45) is 5.41 Å². The molecule has 0 aliphatic carbocycles. The molecule has 4 rings (SSSR count). The lowest BCUT2D eigenvalue weighted by atomic mass is 9.86. The maximum Gasteiger partial charge on any atom is 0.273 e. The minimum atomic E-state index is -0.262. The average Bonchev–Trinajstić information content (AvgIpc) is 3.55. The number of carbonyl (C=O) groups is 1. The number of rotatable bonds is 7. The van der Waals surface area contributed by atoms with Gasteiger partial charge in [-0.3, -0.25) is 9.78 Å². The Morgan fingerprint density at radius 3 is 2.47 bits per heavy atom. The molecule has 2 N–H and O–H groups in total. The van der Waals surface area contributed by atoms with Crippen molar-refractivity contribution in [3.8, 4) is 17.1 Å². The highest BCUT2D eigenvalue weighted by Crippen LogP contribution is 2.39. The van der Waals surface area contributed by atoms with E-state index in [2.05, 4.69) is 84.6 Å². The van der Waals surface area contributed by atoms with E-state index in [4.69, 9.17) is 4.74 Å². The summed E-state index contributed by atoms with van der Waals surface area (Å²) in [5, 5.41) is 14.7. The quantitative estimate of drug-likeness (QED) is 0.356. The number of aromatic nitrogens is 6. The predicted molar refractivity (Wildman–Crippen MR) is 148 cm³/mol. The number of amides is 1. The second-order valence-electron chi connectivity index (χ2n) is 11.5. The SMILES string of the molecule is COc1c(Nc2cnc(C)c(-n3cc(C(=O)NCC(C)(C)C)nn3)c2)cc(C(C)(C)C)cc1-n1ccnc1. The van der Waals surface area contributed by atoms with Crippen LogP contribution in [0.3, 0.4) is 0 Å². The molecule has 3 aromatic heterocycles. The molecule has 38 heavy (non-hydrogen) atoms. The Morgan fingerprint density at radius 1 is 1.08 bits per heavy atom. The molecule has 0 spiro atoms. The Kier molecular flexibility index (Phi) is 7.26. The van der Waals surface area contributed by atoms with Crippen LogP contribution in [0.25, 0.3) is 11.4 Å². The summed E-state index contributed by atoms with van der Waals surface area (Å²) in [4.78, 5) is 21.3. The number of ether oxygens (including phenoxy) is 1. The van der Waals surface area contributed by atoms with Gasteiger partial charge in [0.1, 0.15) is 0 Å². The van der Waals surface area contributed by atoms with Gasteiger partial charge in [-0.25, -0.2) is 9.67 Å². The number of aryl methyl sites for hydroxylation is 1. The second kappa shape index (κ2) is 10.3. The molecule has 0 atom stereocenters. The van der Waals surface area contributed by atoms with Gasteiger partial charge in [0.05, 0.1) is 54.3 Å². The molecule has 0 aliphatic rings. The van der Waals surface area contributed by atoms with E-state index in [1.165, 1.54) is 0 Å². The number of imidazole rings is 1. The fourth-order valence-corrected chi connectivity index (χ4v) is 3.85. The molecule has 10 nitrogen and oxygen atoms in total. The Balaban J connectivity index is 1.68. The minimum absolute atomic E-state index is 0.0325. The van der Waals surface area contributed by atoms with Gasteiger partial charge in [-0.05, 0) is 41.5 Å². The number of benzene rings is 1. The Bertz CT molecular complexity index is 1430. The summed E-state index contributed by atoms with van der Waals surface area (Å²) in [6, 6.07) is 6.13. The topological polar surface area (TPSA) is 112 Å². The molecule has 1 aromatic carbocycles. The lowest BCUT2D eigenvalue weighted by Gasteiger charge is -2.24. The number of hydrogen-bond donors (Lipinski definition) is 2. The van der Waals surface area contributed by atoms with Crippen LogP contribution in [0.4, 0.5) is 11.4 Å². The average molecular weight is 517 g/mol. The van der Waals surface area contributed by atoms with Crippen molar-refractivity contribution >= 4 is 17.3 Å². The van der Waals surface area contributed by atoms with Gasteiger partial charge in [-0.2, -0.15) is 0 Å². The van der Waals surface area contributed by atoms with Crippen molar-refractivity contribution < 1.29 is 9.53 Å². The molecule has 0 radical (unpaired) electrons. The third kappa shape index (κ3) is 6.01. The van der Waals surface area contributed by atoms with E-state index in [1.54, 1.807) is 36.7 Å². The first-order valence-electron chi connectivity index (χ1n) is 12.5. The normalized spacial score (nSPS) is 11.9. The molecule has 200 valence electrons. The first-order chi connectivity index (χ1) is 17.9. The third-order valence-corrected chi connectivity index (χ3v) is 6.01. The summed E-state index contributed by atoms with van der Waals surface area (Å²) in [5.74, 6) is 0.415. The van der Waals surface area contributed by atoms with Crippen LogP contribution in [0.1, 0.15) is 63.3 Å². The lowest BCUT2D eigenvalue weighted by Crippen LogP contribution is -2.32. The minimum Gasteiger partial charge on any atom is -0.492 e. The first kappa shape index (κ1) is 26.8. The van der Waals surface area contributed by atoms with Gasteiger partial charge in [0.25, 0.3) is 5.91 Å². The van der Waals surface area contributed by atoms with Gasteiger partial charge in [-0.1, -0.05) is 46.8 Å². The zero-order valence-corrected chi connectivity index (χ0v) is 23.3. The third-order valence-electron chi connectivity index (χ3n) is 6.01. The van der Waals surface area contributed by atoms with E-state index in [0.717, 1.165) is 28.3 Å². The molecule has 0 saturated carbocycles. The van der Waals surface area contributed by atoms with Crippen LogP contribution in [0.15, 0.2) is 49.3 Å². The summed E-state index contributed by atoms with van der Waals surface area (Å²) in [6.07, 6.45) is 8.75. The summed E-state index contributed by atoms with van der Waals surface area (Å²) >= 11 is 0. The number of methoxy groups -OCH3 is 1. The monoisotopic (exact) mass is 516 g/mol. The zero-order chi connectivity index (χ0) is 27.7.